The molecule has 7 nitrogen and oxygen atoms in total. The van der Waals surface area contributed by atoms with Crippen LogP contribution < -0.4 is 10.2 Å². The fourth-order valence-electron chi connectivity index (χ4n) is 4.95. The van der Waals surface area contributed by atoms with Crippen LogP contribution in [0.2, 0.25) is 5.02 Å². The molecule has 1 amide bonds. The predicted molar refractivity (Wildman–Crippen MR) is 145 cm³/mol. The van der Waals surface area contributed by atoms with Gasteiger partial charge in [0.1, 0.15) is 11.5 Å². The SMILES string of the molecule is [2H]C1([2H])CCN(C2CCN(Cc3ccccc3Cl)CC2)CCN1c1cccc(C(=O)Nc2ccncc2)n1. The number of likely N-dealkylation sites (tertiary alicyclic amines) is 1. The summed E-state index contributed by atoms with van der Waals surface area (Å²) in [6.07, 6.45) is 5.70. The number of piperidine rings is 1. The molecule has 3 aromatic rings. The number of benzene rings is 1. The predicted octanol–water partition coefficient (Wildman–Crippen LogP) is 4.56. The van der Waals surface area contributed by atoms with Gasteiger partial charge in [0.05, 0.1) is 0 Å². The molecule has 8 heteroatoms. The number of aromatic nitrogens is 2. The van der Waals surface area contributed by atoms with Gasteiger partial charge in [-0.05, 0) is 68.2 Å². The smallest absolute Gasteiger partial charge is 0.274 e. The van der Waals surface area contributed by atoms with E-state index in [4.69, 9.17) is 14.3 Å². The van der Waals surface area contributed by atoms with Crippen LogP contribution in [-0.2, 0) is 6.54 Å². The second kappa shape index (κ2) is 11.8. The molecule has 1 N–H and O–H groups in total. The molecular formula is C28H33ClN6O. The lowest BCUT2D eigenvalue weighted by molar-refractivity contribution is 0.102. The minimum atomic E-state index is -1.56. The van der Waals surface area contributed by atoms with Gasteiger partial charge in [0.25, 0.3) is 5.91 Å². The molecule has 2 saturated heterocycles. The standard InChI is InChI=1S/C28H33ClN6O/c29-25-6-2-1-5-22(25)21-33-17-11-24(12-18-33)34-15-4-16-35(20-19-34)27-8-3-7-26(32-27)28(36)31-23-9-13-30-14-10-23/h1-3,5-10,13-14,24H,4,11-12,15-21H2,(H,30,31,36)/i16D2. The molecule has 4 heterocycles. The van der Waals surface area contributed by atoms with E-state index in [9.17, 15) is 4.79 Å². The molecule has 1 aromatic carbocycles. The number of halogens is 1. The number of amides is 1. The summed E-state index contributed by atoms with van der Waals surface area (Å²) in [5.41, 5.74) is 2.05. The first-order valence-corrected chi connectivity index (χ1v) is 12.9. The first-order chi connectivity index (χ1) is 18.4. The van der Waals surface area contributed by atoms with E-state index in [2.05, 4.69) is 31.2 Å². The highest BCUT2D eigenvalue weighted by atomic mass is 35.5. The second-order valence-electron chi connectivity index (χ2n) is 9.27. The zero-order valence-corrected chi connectivity index (χ0v) is 21.1. The number of carbonyl (C=O) groups is 1. The summed E-state index contributed by atoms with van der Waals surface area (Å²) in [6.45, 7) is 3.25. The minimum Gasteiger partial charge on any atom is -0.355 e. The average Bonchev–Trinajstić information content (AvgIpc) is 3.09. The molecule has 0 spiro atoms. The van der Waals surface area contributed by atoms with Crippen molar-refractivity contribution in [3.63, 3.8) is 0 Å². The number of carbonyl (C=O) groups excluding carboxylic acids is 1. The van der Waals surface area contributed by atoms with Crippen LogP contribution in [0.4, 0.5) is 11.5 Å². The number of nitrogens with one attached hydrogen (secondary N) is 1. The van der Waals surface area contributed by atoms with Crippen molar-refractivity contribution >= 4 is 29.0 Å². The molecule has 0 radical (unpaired) electrons. The van der Waals surface area contributed by atoms with Crippen molar-refractivity contribution < 1.29 is 7.54 Å². The van der Waals surface area contributed by atoms with Gasteiger partial charge in [-0.15, -0.1) is 0 Å². The van der Waals surface area contributed by atoms with Gasteiger partial charge in [0, 0.05) is 64.6 Å². The molecule has 2 aliphatic heterocycles. The highest BCUT2D eigenvalue weighted by molar-refractivity contribution is 6.31. The molecule has 188 valence electrons. The summed E-state index contributed by atoms with van der Waals surface area (Å²) in [4.78, 5) is 27.9. The van der Waals surface area contributed by atoms with Crippen molar-refractivity contribution in [1.82, 2.24) is 19.8 Å². The second-order valence-corrected chi connectivity index (χ2v) is 9.67. The molecule has 0 aliphatic carbocycles. The maximum atomic E-state index is 12.8. The first kappa shape index (κ1) is 22.2. The number of hydrogen-bond donors (Lipinski definition) is 1. The zero-order chi connectivity index (χ0) is 26.5. The average molecular weight is 507 g/mol. The number of nitrogens with zero attached hydrogens (tertiary/aromatic N) is 5. The van der Waals surface area contributed by atoms with Crippen LogP contribution in [0.15, 0.2) is 67.0 Å². The van der Waals surface area contributed by atoms with E-state index in [1.165, 1.54) is 0 Å². The van der Waals surface area contributed by atoms with Crippen molar-refractivity contribution in [3.8, 4) is 0 Å². The Bertz CT molecular complexity index is 1240. The third-order valence-corrected chi connectivity index (χ3v) is 7.29. The number of hydrogen-bond acceptors (Lipinski definition) is 6. The number of rotatable bonds is 6. The quantitative estimate of drug-likeness (QED) is 0.529. The van der Waals surface area contributed by atoms with Gasteiger partial charge in [0.15, 0.2) is 0 Å². The van der Waals surface area contributed by atoms with E-state index >= 15 is 0 Å². The summed E-state index contributed by atoms with van der Waals surface area (Å²) in [7, 11) is 0. The lowest BCUT2D eigenvalue weighted by Crippen LogP contribution is -2.46. The summed E-state index contributed by atoms with van der Waals surface area (Å²) in [5.74, 6) is 0.146. The van der Waals surface area contributed by atoms with E-state index in [1.807, 2.05) is 18.2 Å². The maximum absolute atomic E-state index is 12.8. The number of anilines is 2. The Morgan fingerprint density at radius 1 is 1.00 bits per heavy atom. The third-order valence-electron chi connectivity index (χ3n) is 6.92. The summed E-state index contributed by atoms with van der Waals surface area (Å²) in [5, 5.41) is 3.64. The molecule has 5 rings (SSSR count). The fourth-order valence-corrected chi connectivity index (χ4v) is 5.14. The van der Waals surface area contributed by atoms with Crippen molar-refractivity contribution in [2.75, 3.05) is 49.4 Å². The van der Waals surface area contributed by atoms with Gasteiger partial charge in [-0.1, -0.05) is 35.9 Å². The summed E-state index contributed by atoms with van der Waals surface area (Å²) >= 11 is 6.36. The molecule has 2 fully saturated rings. The Hall–Kier alpha value is -3.00. The van der Waals surface area contributed by atoms with Crippen LogP contribution in [0.25, 0.3) is 0 Å². The normalized spacial score (nSPS) is 20.3. The van der Waals surface area contributed by atoms with E-state index in [0.717, 1.165) is 49.6 Å². The van der Waals surface area contributed by atoms with Crippen LogP contribution in [0.5, 0.6) is 0 Å². The van der Waals surface area contributed by atoms with Gasteiger partial charge < -0.3 is 10.2 Å². The fraction of sp³-hybridized carbons (Fsp3) is 0.393. The topological polar surface area (TPSA) is 64.6 Å². The highest BCUT2D eigenvalue weighted by Gasteiger charge is 2.27. The minimum absolute atomic E-state index is 0.252. The molecular weight excluding hydrogens is 472 g/mol. The molecule has 0 saturated carbocycles. The lowest BCUT2D eigenvalue weighted by atomic mass is 10.0. The maximum Gasteiger partial charge on any atom is 0.274 e. The van der Waals surface area contributed by atoms with Crippen molar-refractivity contribution in [3.05, 3.63) is 83.3 Å². The van der Waals surface area contributed by atoms with E-state index in [0.29, 0.717) is 37.1 Å². The van der Waals surface area contributed by atoms with Crippen molar-refractivity contribution in [1.29, 1.82) is 0 Å². The van der Waals surface area contributed by atoms with Gasteiger partial charge in [-0.3, -0.25) is 19.6 Å². The highest BCUT2D eigenvalue weighted by Crippen LogP contribution is 2.23. The van der Waals surface area contributed by atoms with E-state index in [1.54, 1.807) is 47.6 Å². The summed E-state index contributed by atoms with van der Waals surface area (Å²) < 4.78 is 17.6. The molecule has 0 unspecified atom stereocenters. The largest absolute Gasteiger partial charge is 0.355 e. The third kappa shape index (κ3) is 6.22. The Labute approximate surface area is 220 Å². The number of pyridine rings is 2. The molecule has 0 bridgehead atoms. The molecule has 2 aromatic heterocycles. The molecule has 2 aliphatic rings. The van der Waals surface area contributed by atoms with Crippen LogP contribution >= 0.6 is 11.6 Å². The van der Waals surface area contributed by atoms with Crippen molar-refractivity contribution in [2.24, 2.45) is 0 Å². The van der Waals surface area contributed by atoms with Crippen LogP contribution in [0, 0.1) is 0 Å². The van der Waals surface area contributed by atoms with Gasteiger partial charge in [-0.25, -0.2) is 4.98 Å². The van der Waals surface area contributed by atoms with Crippen LogP contribution in [0.1, 0.15) is 38.1 Å². The van der Waals surface area contributed by atoms with Crippen LogP contribution in [-0.4, -0.2) is 70.9 Å². The Kier molecular flexibility index (Phi) is 7.30. The van der Waals surface area contributed by atoms with E-state index in [-0.39, 0.29) is 11.6 Å². The summed E-state index contributed by atoms with van der Waals surface area (Å²) in [6, 6.07) is 17.1. The Morgan fingerprint density at radius 2 is 1.81 bits per heavy atom. The molecule has 0 atom stereocenters. The molecule has 36 heavy (non-hydrogen) atoms. The Morgan fingerprint density at radius 3 is 2.61 bits per heavy atom. The van der Waals surface area contributed by atoms with Gasteiger partial charge in [0.2, 0.25) is 0 Å². The lowest BCUT2D eigenvalue weighted by Gasteiger charge is -2.38. The van der Waals surface area contributed by atoms with Crippen molar-refractivity contribution in [2.45, 2.75) is 31.8 Å². The van der Waals surface area contributed by atoms with E-state index < -0.39 is 6.50 Å². The van der Waals surface area contributed by atoms with Gasteiger partial charge in [-0.2, -0.15) is 0 Å². The Balaban J connectivity index is 1.20. The zero-order valence-electron chi connectivity index (χ0n) is 22.3. The van der Waals surface area contributed by atoms with Gasteiger partial charge >= 0.3 is 0 Å². The first-order valence-electron chi connectivity index (χ1n) is 13.5. The van der Waals surface area contributed by atoms with Crippen LogP contribution in [0.3, 0.4) is 0 Å². The monoisotopic (exact) mass is 506 g/mol.